The first-order valence-corrected chi connectivity index (χ1v) is 14.1. The molecule has 1 aromatic rings. The van der Waals surface area contributed by atoms with Crippen LogP contribution in [0.2, 0.25) is 0 Å². The van der Waals surface area contributed by atoms with Crippen LogP contribution in [0.4, 0.5) is 5.69 Å². The van der Waals surface area contributed by atoms with Crippen LogP contribution in [-0.2, 0) is 4.79 Å². The van der Waals surface area contributed by atoms with Crippen molar-refractivity contribution in [1.29, 1.82) is 5.26 Å². The SMILES string of the molecule is CCCCC(CC)CN(CC(CC)CCCC)C(=O)c1ccccc1/N=N/C1CNC(=O)C(C#N)=C1C. The minimum Gasteiger partial charge on any atom is -0.349 e. The second kappa shape index (κ2) is 16.0. The molecule has 0 aliphatic carbocycles. The van der Waals surface area contributed by atoms with E-state index in [0.29, 0.717) is 28.7 Å². The maximum atomic E-state index is 14.0. The fourth-order valence-electron chi connectivity index (χ4n) is 4.79. The van der Waals surface area contributed by atoms with Gasteiger partial charge in [0.15, 0.2) is 0 Å². The molecule has 3 unspecified atom stereocenters. The number of rotatable bonds is 15. The van der Waals surface area contributed by atoms with E-state index in [1.165, 1.54) is 12.8 Å². The summed E-state index contributed by atoms with van der Waals surface area (Å²) in [6.07, 6.45) is 9.03. The normalized spacial score (nSPS) is 17.4. The van der Waals surface area contributed by atoms with Crippen molar-refractivity contribution < 1.29 is 9.59 Å². The summed E-state index contributed by atoms with van der Waals surface area (Å²) in [6, 6.07) is 8.89. The van der Waals surface area contributed by atoms with Crippen LogP contribution in [0.3, 0.4) is 0 Å². The van der Waals surface area contributed by atoms with E-state index in [-0.39, 0.29) is 23.9 Å². The van der Waals surface area contributed by atoms with Gasteiger partial charge in [-0.25, -0.2) is 0 Å². The molecule has 1 aliphatic heterocycles. The van der Waals surface area contributed by atoms with Crippen molar-refractivity contribution in [3.05, 3.63) is 41.0 Å². The lowest BCUT2D eigenvalue weighted by molar-refractivity contribution is -0.117. The number of carbonyl (C=O) groups excluding carboxylic acids is 2. The summed E-state index contributed by atoms with van der Waals surface area (Å²) in [4.78, 5) is 28.0. The quantitative estimate of drug-likeness (QED) is 0.259. The molecule has 0 fully saturated rings. The molecule has 0 spiro atoms. The van der Waals surface area contributed by atoms with E-state index in [1.54, 1.807) is 6.92 Å². The second-order valence-corrected chi connectivity index (χ2v) is 10.2. The predicted molar refractivity (Wildman–Crippen MR) is 149 cm³/mol. The molecular weight excluding hydrogens is 462 g/mol. The minimum atomic E-state index is -0.427. The van der Waals surface area contributed by atoms with Crippen LogP contribution in [0.5, 0.6) is 0 Å². The maximum absolute atomic E-state index is 14.0. The van der Waals surface area contributed by atoms with Crippen molar-refractivity contribution in [1.82, 2.24) is 10.2 Å². The Balaban J connectivity index is 2.34. The number of unbranched alkanes of at least 4 members (excludes halogenated alkanes) is 2. The summed E-state index contributed by atoms with van der Waals surface area (Å²) in [5.74, 6) is 0.579. The molecule has 7 nitrogen and oxygen atoms in total. The van der Waals surface area contributed by atoms with Crippen molar-refractivity contribution in [3.63, 3.8) is 0 Å². The van der Waals surface area contributed by atoms with Crippen LogP contribution >= 0.6 is 0 Å². The molecule has 0 saturated carbocycles. The zero-order chi connectivity index (χ0) is 27.2. The van der Waals surface area contributed by atoms with Gasteiger partial charge in [0.05, 0.1) is 11.3 Å². The Labute approximate surface area is 223 Å². The molecule has 202 valence electrons. The molecular formula is C30H45N5O2. The largest absolute Gasteiger partial charge is 0.349 e. The molecule has 3 atom stereocenters. The Morgan fingerprint density at radius 3 is 2.22 bits per heavy atom. The predicted octanol–water partition coefficient (Wildman–Crippen LogP) is 6.98. The lowest BCUT2D eigenvalue weighted by Gasteiger charge is -2.31. The molecule has 1 aromatic carbocycles. The van der Waals surface area contributed by atoms with Crippen LogP contribution in [0.15, 0.2) is 45.6 Å². The number of amides is 2. The van der Waals surface area contributed by atoms with Crippen molar-refractivity contribution in [2.24, 2.45) is 22.1 Å². The third-order valence-corrected chi connectivity index (χ3v) is 7.46. The molecule has 1 heterocycles. The van der Waals surface area contributed by atoms with Crippen molar-refractivity contribution in [2.75, 3.05) is 19.6 Å². The number of benzene rings is 1. The van der Waals surface area contributed by atoms with Gasteiger partial charge >= 0.3 is 0 Å². The lowest BCUT2D eigenvalue weighted by Crippen LogP contribution is -2.39. The van der Waals surface area contributed by atoms with Gasteiger partial charge in [-0.05, 0) is 49.3 Å². The summed E-state index contributed by atoms with van der Waals surface area (Å²) in [5, 5.41) is 20.9. The molecule has 7 heteroatoms. The van der Waals surface area contributed by atoms with Gasteiger partial charge in [-0.2, -0.15) is 15.5 Å². The molecule has 1 N–H and O–H groups in total. The van der Waals surface area contributed by atoms with Crippen molar-refractivity contribution in [2.45, 2.75) is 92.0 Å². The van der Waals surface area contributed by atoms with E-state index in [1.807, 2.05) is 30.3 Å². The van der Waals surface area contributed by atoms with Gasteiger partial charge in [0.1, 0.15) is 17.7 Å². The van der Waals surface area contributed by atoms with Gasteiger partial charge in [-0.1, -0.05) is 78.4 Å². The number of nitrogens with one attached hydrogen (secondary N) is 1. The molecule has 0 aromatic heterocycles. The van der Waals surface area contributed by atoms with Crippen LogP contribution < -0.4 is 5.32 Å². The van der Waals surface area contributed by atoms with Gasteiger partial charge in [-0.15, -0.1) is 0 Å². The molecule has 0 bridgehead atoms. The number of nitrogens with zero attached hydrogens (tertiary/aromatic N) is 4. The summed E-state index contributed by atoms with van der Waals surface area (Å²) in [5.41, 5.74) is 1.75. The number of azo groups is 1. The van der Waals surface area contributed by atoms with E-state index in [4.69, 9.17) is 0 Å². The van der Waals surface area contributed by atoms with E-state index in [2.05, 4.69) is 48.1 Å². The first kappa shape index (κ1) is 30.2. The highest BCUT2D eigenvalue weighted by Gasteiger charge is 2.27. The fourth-order valence-corrected chi connectivity index (χ4v) is 4.79. The Hall–Kier alpha value is -3.01. The van der Waals surface area contributed by atoms with E-state index >= 15 is 0 Å². The summed E-state index contributed by atoms with van der Waals surface area (Å²) in [6.45, 7) is 12.4. The Morgan fingerprint density at radius 1 is 1.08 bits per heavy atom. The summed E-state index contributed by atoms with van der Waals surface area (Å²) in [7, 11) is 0. The van der Waals surface area contributed by atoms with Crippen LogP contribution in [0, 0.1) is 23.2 Å². The molecule has 0 radical (unpaired) electrons. The second-order valence-electron chi connectivity index (χ2n) is 10.2. The van der Waals surface area contributed by atoms with Crippen molar-refractivity contribution >= 4 is 17.5 Å². The molecule has 0 saturated heterocycles. The first-order chi connectivity index (χ1) is 17.9. The summed E-state index contributed by atoms with van der Waals surface area (Å²) >= 11 is 0. The fraction of sp³-hybridized carbons (Fsp3) is 0.633. The van der Waals surface area contributed by atoms with Gasteiger partial charge in [0.25, 0.3) is 11.8 Å². The minimum absolute atomic E-state index is 0.00127. The lowest BCUT2D eigenvalue weighted by atomic mass is 9.95. The first-order valence-electron chi connectivity index (χ1n) is 14.1. The molecule has 1 aliphatic rings. The number of hydrogen-bond donors (Lipinski definition) is 1. The third kappa shape index (κ3) is 8.80. The Morgan fingerprint density at radius 2 is 1.68 bits per heavy atom. The average molecular weight is 508 g/mol. The van der Waals surface area contributed by atoms with Gasteiger partial charge < -0.3 is 10.2 Å². The van der Waals surface area contributed by atoms with Crippen LogP contribution in [-0.4, -0.2) is 42.4 Å². The summed E-state index contributed by atoms with van der Waals surface area (Å²) < 4.78 is 0. The highest BCUT2D eigenvalue weighted by molar-refractivity contribution is 5.99. The monoisotopic (exact) mass is 507 g/mol. The third-order valence-electron chi connectivity index (χ3n) is 7.46. The average Bonchev–Trinajstić information content (AvgIpc) is 2.92. The van der Waals surface area contributed by atoms with Gasteiger partial charge in [-0.3, -0.25) is 9.59 Å². The van der Waals surface area contributed by atoms with E-state index < -0.39 is 6.04 Å². The zero-order valence-electron chi connectivity index (χ0n) is 23.4. The smallest absolute Gasteiger partial charge is 0.262 e. The van der Waals surface area contributed by atoms with Crippen LogP contribution in [0.25, 0.3) is 0 Å². The Kier molecular flexibility index (Phi) is 13.0. The highest BCUT2D eigenvalue weighted by Crippen LogP contribution is 2.26. The standard InChI is InChI=1S/C30H45N5O2/c1-6-10-14-23(8-3)20-35(21-24(9-4)15-11-7-2)30(37)25-16-12-13-17-27(25)33-34-28-19-32-29(36)26(18-31)22(28)5/h12-13,16-17,23-24,28H,6-11,14-15,19-21H2,1-5H3,(H,32,36)/b34-33+. The van der Waals surface area contributed by atoms with E-state index in [0.717, 1.165) is 51.6 Å². The van der Waals surface area contributed by atoms with Crippen LogP contribution in [0.1, 0.15) is 96.3 Å². The van der Waals surface area contributed by atoms with Crippen molar-refractivity contribution in [3.8, 4) is 6.07 Å². The van der Waals surface area contributed by atoms with Gasteiger partial charge in [0.2, 0.25) is 0 Å². The topological polar surface area (TPSA) is 97.9 Å². The zero-order valence-corrected chi connectivity index (χ0v) is 23.4. The number of carbonyl (C=O) groups is 2. The molecule has 2 amide bonds. The highest BCUT2D eigenvalue weighted by atomic mass is 16.2. The molecule has 2 rings (SSSR count). The Bertz CT molecular complexity index is 976. The maximum Gasteiger partial charge on any atom is 0.262 e. The number of hydrogen-bond acceptors (Lipinski definition) is 5. The molecule has 37 heavy (non-hydrogen) atoms. The van der Waals surface area contributed by atoms with E-state index in [9.17, 15) is 14.9 Å². The number of nitriles is 1. The van der Waals surface area contributed by atoms with Gasteiger partial charge in [0, 0.05) is 19.6 Å².